The summed E-state index contributed by atoms with van der Waals surface area (Å²) in [6.45, 7) is 1.97. The highest BCUT2D eigenvalue weighted by molar-refractivity contribution is 5.92. The van der Waals surface area contributed by atoms with E-state index >= 15 is 0 Å². The van der Waals surface area contributed by atoms with Crippen LogP contribution in [0.4, 0.5) is 5.69 Å². The van der Waals surface area contributed by atoms with E-state index in [4.69, 9.17) is 9.47 Å². The van der Waals surface area contributed by atoms with Crippen LogP contribution in [0.2, 0.25) is 0 Å². The van der Waals surface area contributed by atoms with E-state index in [0.717, 1.165) is 5.56 Å². The van der Waals surface area contributed by atoms with E-state index in [-0.39, 0.29) is 17.6 Å². The topological polar surface area (TPSA) is 91.6 Å². The normalized spacial score (nSPS) is 16.0. The zero-order chi connectivity index (χ0) is 18.3. The predicted molar refractivity (Wildman–Crippen MR) is 93.6 cm³/mol. The van der Waals surface area contributed by atoms with Crippen LogP contribution in [-0.4, -0.2) is 15.9 Å². The van der Waals surface area contributed by atoms with E-state index in [9.17, 15) is 14.9 Å². The summed E-state index contributed by atoms with van der Waals surface area (Å²) in [6, 6.07) is 11.5. The lowest BCUT2D eigenvalue weighted by molar-refractivity contribution is -0.383. The third-order valence-corrected chi connectivity index (χ3v) is 4.35. The molecule has 2 aromatic carbocycles. The smallest absolute Gasteiger partial charge is 0.311 e. The average Bonchev–Trinajstić information content (AvgIpc) is 2.61. The van der Waals surface area contributed by atoms with Crippen LogP contribution in [0.3, 0.4) is 0 Å². The van der Waals surface area contributed by atoms with E-state index in [1.807, 2.05) is 13.0 Å². The summed E-state index contributed by atoms with van der Waals surface area (Å²) in [7, 11) is 0. The highest BCUT2D eigenvalue weighted by Crippen LogP contribution is 2.39. The molecule has 26 heavy (non-hydrogen) atoms. The number of carbonyl (C=O) groups is 1. The minimum absolute atomic E-state index is 0.0337. The molecule has 7 nitrogen and oxygen atoms in total. The Morgan fingerprint density at radius 1 is 1.27 bits per heavy atom. The summed E-state index contributed by atoms with van der Waals surface area (Å²) in [6.07, 6.45) is 1.90. The molecule has 3 aromatic rings. The van der Waals surface area contributed by atoms with Crippen LogP contribution < -0.4 is 9.47 Å². The maximum atomic E-state index is 11.6. The van der Waals surface area contributed by atoms with Gasteiger partial charge in [-0.1, -0.05) is 13.0 Å². The monoisotopic (exact) mass is 350 g/mol. The summed E-state index contributed by atoms with van der Waals surface area (Å²) < 4.78 is 11.2. The second-order valence-electron chi connectivity index (χ2n) is 6.12. The molecule has 0 fully saturated rings. The molecular formula is C19H14N2O5. The molecule has 0 saturated heterocycles. The van der Waals surface area contributed by atoms with Gasteiger partial charge in [-0.25, -0.2) is 0 Å². The number of aromatic nitrogens is 1. The Morgan fingerprint density at radius 2 is 2.12 bits per heavy atom. The molecule has 1 aliphatic heterocycles. The zero-order valence-electron chi connectivity index (χ0n) is 13.8. The van der Waals surface area contributed by atoms with Crippen LogP contribution in [0.5, 0.6) is 17.2 Å². The molecular weight excluding hydrogens is 336 g/mol. The molecule has 2 heterocycles. The van der Waals surface area contributed by atoms with E-state index in [0.29, 0.717) is 34.6 Å². The van der Waals surface area contributed by atoms with Crippen molar-refractivity contribution in [2.75, 3.05) is 0 Å². The summed E-state index contributed by atoms with van der Waals surface area (Å²) in [5.41, 5.74) is 1.31. The molecule has 0 spiro atoms. The Balaban J connectivity index is 1.75. The van der Waals surface area contributed by atoms with Gasteiger partial charge in [-0.2, -0.15) is 0 Å². The third-order valence-electron chi connectivity index (χ3n) is 4.35. The van der Waals surface area contributed by atoms with Crippen LogP contribution in [0, 0.1) is 10.1 Å². The second-order valence-corrected chi connectivity index (χ2v) is 6.12. The van der Waals surface area contributed by atoms with Crippen molar-refractivity contribution in [3.8, 4) is 17.2 Å². The van der Waals surface area contributed by atoms with Crippen molar-refractivity contribution in [1.82, 2.24) is 4.98 Å². The van der Waals surface area contributed by atoms with E-state index in [1.54, 1.807) is 30.5 Å². The number of hydrogen-bond acceptors (Lipinski definition) is 6. The first-order valence-corrected chi connectivity index (χ1v) is 8.07. The summed E-state index contributed by atoms with van der Waals surface area (Å²) in [4.78, 5) is 26.6. The second kappa shape index (κ2) is 6.11. The summed E-state index contributed by atoms with van der Waals surface area (Å²) in [5.74, 6) is 1.14. The van der Waals surface area contributed by atoms with Crippen molar-refractivity contribution in [3.63, 3.8) is 0 Å². The van der Waals surface area contributed by atoms with Gasteiger partial charge in [0.2, 0.25) is 0 Å². The molecule has 0 amide bonds. The van der Waals surface area contributed by atoms with E-state index in [2.05, 4.69) is 4.98 Å². The molecule has 130 valence electrons. The van der Waals surface area contributed by atoms with Crippen LogP contribution in [-0.2, 0) is 4.79 Å². The highest BCUT2D eigenvalue weighted by atomic mass is 16.6. The van der Waals surface area contributed by atoms with Gasteiger partial charge in [0, 0.05) is 18.3 Å². The molecule has 1 aliphatic rings. The van der Waals surface area contributed by atoms with Gasteiger partial charge >= 0.3 is 5.97 Å². The number of non-ortho nitro benzene ring substituents is 1. The fraction of sp³-hybridized carbons (Fsp3) is 0.158. The van der Waals surface area contributed by atoms with E-state index in [1.165, 1.54) is 12.1 Å². The Morgan fingerprint density at radius 3 is 2.92 bits per heavy atom. The number of nitro benzene ring substituents is 1. The Hall–Kier alpha value is -3.48. The molecule has 7 heteroatoms. The average molecular weight is 350 g/mol. The Labute approximate surface area is 148 Å². The van der Waals surface area contributed by atoms with Gasteiger partial charge in [0.25, 0.3) is 5.69 Å². The van der Waals surface area contributed by atoms with Gasteiger partial charge < -0.3 is 9.47 Å². The molecule has 0 bridgehead atoms. The summed E-state index contributed by atoms with van der Waals surface area (Å²) >= 11 is 0. The largest absolute Gasteiger partial charge is 0.455 e. The lowest BCUT2D eigenvalue weighted by Gasteiger charge is -2.21. The van der Waals surface area contributed by atoms with Gasteiger partial charge in [-0.15, -0.1) is 0 Å². The van der Waals surface area contributed by atoms with Crippen molar-refractivity contribution >= 4 is 22.6 Å². The molecule has 0 saturated carbocycles. The fourth-order valence-electron chi connectivity index (χ4n) is 3.10. The van der Waals surface area contributed by atoms with E-state index < -0.39 is 4.92 Å². The fourth-order valence-corrected chi connectivity index (χ4v) is 3.10. The number of carbonyl (C=O) groups excluding carboxylic acids is 1. The maximum absolute atomic E-state index is 11.6. The predicted octanol–water partition coefficient (Wildman–Crippen LogP) is 4.35. The lowest BCUT2D eigenvalue weighted by atomic mass is 9.95. The number of pyridine rings is 1. The van der Waals surface area contributed by atoms with Crippen molar-refractivity contribution in [3.05, 3.63) is 64.3 Å². The zero-order valence-corrected chi connectivity index (χ0v) is 13.8. The first kappa shape index (κ1) is 16.0. The number of ether oxygens (including phenoxy) is 2. The van der Waals surface area contributed by atoms with Crippen molar-refractivity contribution in [2.45, 2.75) is 19.3 Å². The maximum Gasteiger partial charge on any atom is 0.311 e. The minimum Gasteiger partial charge on any atom is -0.455 e. The van der Waals surface area contributed by atoms with Crippen LogP contribution in [0.15, 0.2) is 48.7 Å². The molecule has 0 N–H and O–H groups in total. The number of hydrogen-bond donors (Lipinski definition) is 0. The Bertz CT molecular complexity index is 1050. The number of nitrogens with zero attached hydrogens (tertiary/aromatic N) is 2. The number of fused-ring (bicyclic) bond motifs is 2. The summed E-state index contributed by atoms with van der Waals surface area (Å²) in [5, 5.41) is 11.6. The molecule has 1 aromatic heterocycles. The number of esters is 1. The number of nitro groups is 1. The quantitative estimate of drug-likeness (QED) is 0.302. The first-order valence-electron chi connectivity index (χ1n) is 8.07. The lowest BCUT2D eigenvalue weighted by Crippen LogP contribution is -2.18. The van der Waals surface area contributed by atoms with Crippen LogP contribution >= 0.6 is 0 Å². The number of benzene rings is 2. The molecule has 1 atom stereocenters. The first-order chi connectivity index (χ1) is 12.5. The molecule has 4 rings (SSSR count). The van der Waals surface area contributed by atoms with Crippen LogP contribution in [0.25, 0.3) is 10.9 Å². The molecule has 1 unspecified atom stereocenters. The van der Waals surface area contributed by atoms with Gasteiger partial charge in [0.05, 0.1) is 16.7 Å². The van der Waals surface area contributed by atoms with Crippen molar-refractivity contribution in [1.29, 1.82) is 0 Å². The van der Waals surface area contributed by atoms with Gasteiger partial charge in [0.1, 0.15) is 17.0 Å². The third kappa shape index (κ3) is 2.73. The van der Waals surface area contributed by atoms with Crippen LogP contribution in [0.1, 0.15) is 24.8 Å². The SMILES string of the molecule is CC1CC(=O)Oc2cc(Oc3ccc([N+](=O)[O-])c4cccnc34)ccc21. The highest BCUT2D eigenvalue weighted by Gasteiger charge is 2.24. The standard InChI is InChI=1S/C19H14N2O5/c1-11-9-18(22)26-17-10-12(4-5-13(11)17)25-16-7-6-15(21(23)24)14-3-2-8-20-19(14)16/h2-8,10-11H,9H2,1H3. The number of rotatable bonds is 3. The van der Waals surface area contributed by atoms with Gasteiger partial charge in [-0.3, -0.25) is 19.9 Å². The van der Waals surface area contributed by atoms with Gasteiger partial charge in [-0.05, 0) is 35.7 Å². The van der Waals surface area contributed by atoms with Crippen molar-refractivity contribution in [2.24, 2.45) is 0 Å². The Kier molecular flexibility index (Phi) is 3.76. The molecule has 0 aliphatic carbocycles. The minimum atomic E-state index is -0.451. The van der Waals surface area contributed by atoms with Crippen molar-refractivity contribution < 1.29 is 19.2 Å². The van der Waals surface area contributed by atoms with Gasteiger partial charge in [0.15, 0.2) is 5.75 Å². The molecule has 0 radical (unpaired) electrons.